The molecule has 1 heterocycles. The summed E-state index contributed by atoms with van der Waals surface area (Å²) in [6, 6.07) is 18.1. The Morgan fingerprint density at radius 1 is 1.11 bits per heavy atom. The molecule has 0 aliphatic carbocycles. The molecule has 0 aromatic heterocycles. The van der Waals surface area contributed by atoms with Gasteiger partial charge in [-0.25, -0.2) is 0 Å². The maximum absolute atomic E-state index is 9.48. The minimum Gasteiger partial charge on any atom is -0.493 e. The molecule has 27 heavy (non-hydrogen) atoms. The number of hydrogen-bond acceptors (Lipinski definition) is 5. The van der Waals surface area contributed by atoms with E-state index in [1.54, 1.807) is 7.11 Å². The lowest BCUT2D eigenvalue weighted by Gasteiger charge is -2.25. The van der Waals surface area contributed by atoms with Crippen molar-refractivity contribution in [1.82, 2.24) is 4.90 Å². The Hall–Kier alpha value is -2.97. The third-order valence-electron chi connectivity index (χ3n) is 4.39. The normalized spacial score (nSPS) is 14.5. The van der Waals surface area contributed by atoms with Gasteiger partial charge in [-0.2, -0.15) is 5.26 Å². The second kappa shape index (κ2) is 9.65. The zero-order valence-electron chi connectivity index (χ0n) is 15.6. The predicted octanol–water partition coefficient (Wildman–Crippen LogP) is 3.56. The molecule has 2 aromatic rings. The molecule has 5 heteroatoms. The number of rotatable bonds is 7. The van der Waals surface area contributed by atoms with E-state index in [4.69, 9.17) is 14.2 Å². The van der Waals surface area contributed by atoms with Crippen LogP contribution in [0.1, 0.15) is 11.1 Å². The zero-order chi connectivity index (χ0) is 18.9. The Bertz CT molecular complexity index is 806. The summed E-state index contributed by atoms with van der Waals surface area (Å²) in [6.45, 7) is 3.53. The molecule has 140 valence electrons. The lowest BCUT2D eigenvalue weighted by molar-refractivity contribution is 0.0591. The van der Waals surface area contributed by atoms with Gasteiger partial charge in [0.05, 0.1) is 26.4 Å². The van der Waals surface area contributed by atoms with E-state index in [0.717, 1.165) is 29.8 Å². The summed E-state index contributed by atoms with van der Waals surface area (Å²) in [4.78, 5) is 2.14. The maximum atomic E-state index is 9.48. The SMILES string of the molecule is COc1cc(CC(C#N)=CN2CCOCC2)ccc1OCc1ccccc1. The summed E-state index contributed by atoms with van der Waals surface area (Å²) in [5.74, 6) is 1.37. The summed E-state index contributed by atoms with van der Waals surface area (Å²) in [5, 5.41) is 9.48. The van der Waals surface area contributed by atoms with Crippen molar-refractivity contribution in [3.63, 3.8) is 0 Å². The van der Waals surface area contributed by atoms with Crippen LogP contribution in [0.25, 0.3) is 0 Å². The van der Waals surface area contributed by atoms with Gasteiger partial charge in [-0.15, -0.1) is 0 Å². The summed E-state index contributed by atoms with van der Waals surface area (Å²) in [5.41, 5.74) is 2.83. The smallest absolute Gasteiger partial charge is 0.161 e. The number of nitriles is 1. The highest BCUT2D eigenvalue weighted by molar-refractivity contribution is 5.45. The van der Waals surface area contributed by atoms with E-state index in [2.05, 4.69) is 11.0 Å². The predicted molar refractivity (Wildman–Crippen MR) is 104 cm³/mol. The van der Waals surface area contributed by atoms with Crippen molar-refractivity contribution in [2.45, 2.75) is 13.0 Å². The molecule has 0 atom stereocenters. The quantitative estimate of drug-likeness (QED) is 0.703. The topological polar surface area (TPSA) is 54.7 Å². The van der Waals surface area contributed by atoms with Crippen LogP contribution >= 0.6 is 0 Å². The van der Waals surface area contributed by atoms with E-state index >= 15 is 0 Å². The van der Waals surface area contributed by atoms with E-state index in [1.165, 1.54) is 0 Å². The molecular weight excluding hydrogens is 340 g/mol. The molecule has 5 nitrogen and oxygen atoms in total. The molecule has 0 amide bonds. The average Bonchev–Trinajstić information content (AvgIpc) is 2.73. The zero-order valence-corrected chi connectivity index (χ0v) is 15.6. The largest absolute Gasteiger partial charge is 0.493 e. The van der Waals surface area contributed by atoms with Gasteiger partial charge in [0.1, 0.15) is 6.61 Å². The first-order chi connectivity index (χ1) is 13.3. The molecule has 1 aliphatic rings. The van der Waals surface area contributed by atoms with Crippen LogP contribution in [0.5, 0.6) is 11.5 Å². The fourth-order valence-corrected chi connectivity index (χ4v) is 2.94. The van der Waals surface area contributed by atoms with Crippen LogP contribution in [0, 0.1) is 11.3 Å². The lowest BCUT2D eigenvalue weighted by atomic mass is 10.1. The molecule has 2 aromatic carbocycles. The van der Waals surface area contributed by atoms with E-state index in [0.29, 0.717) is 37.7 Å². The molecule has 0 saturated carbocycles. The van der Waals surface area contributed by atoms with Crippen LogP contribution in [0.3, 0.4) is 0 Å². The van der Waals surface area contributed by atoms with Gasteiger partial charge < -0.3 is 19.1 Å². The fraction of sp³-hybridized carbons (Fsp3) is 0.318. The van der Waals surface area contributed by atoms with Crippen LogP contribution in [0.15, 0.2) is 60.3 Å². The number of methoxy groups -OCH3 is 1. The van der Waals surface area contributed by atoms with Crippen LogP contribution in [-0.2, 0) is 17.8 Å². The van der Waals surface area contributed by atoms with Crippen molar-refractivity contribution in [1.29, 1.82) is 5.26 Å². The van der Waals surface area contributed by atoms with Crippen molar-refractivity contribution < 1.29 is 14.2 Å². The summed E-state index contributed by atoms with van der Waals surface area (Å²) in [6.07, 6.45) is 2.50. The molecular formula is C22H24N2O3. The Morgan fingerprint density at radius 3 is 2.59 bits per heavy atom. The molecule has 1 fully saturated rings. The molecule has 0 radical (unpaired) electrons. The Labute approximate surface area is 160 Å². The first kappa shape index (κ1) is 18.8. The number of nitrogens with zero attached hydrogens (tertiary/aromatic N) is 2. The Kier molecular flexibility index (Phi) is 6.72. The van der Waals surface area contributed by atoms with Crippen molar-refractivity contribution >= 4 is 0 Å². The minimum atomic E-state index is 0.483. The molecule has 1 aliphatic heterocycles. The maximum Gasteiger partial charge on any atom is 0.161 e. The van der Waals surface area contributed by atoms with Crippen LogP contribution in [-0.4, -0.2) is 38.3 Å². The number of ether oxygens (including phenoxy) is 3. The molecule has 0 N–H and O–H groups in total. The van der Waals surface area contributed by atoms with Crippen molar-refractivity contribution in [3.05, 3.63) is 71.4 Å². The Morgan fingerprint density at radius 2 is 1.89 bits per heavy atom. The monoisotopic (exact) mass is 364 g/mol. The van der Waals surface area contributed by atoms with Gasteiger partial charge in [0.2, 0.25) is 0 Å². The fourth-order valence-electron chi connectivity index (χ4n) is 2.94. The lowest BCUT2D eigenvalue weighted by Crippen LogP contribution is -2.32. The highest BCUT2D eigenvalue weighted by atomic mass is 16.5. The number of morpholine rings is 1. The van der Waals surface area contributed by atoms with Crippen molar-refractivity contribution in [2.24, 2.45) is 0 Å². The first-order valence-electron chi connectivity index (χ1n) is 9.04. The second-order valence-electron chi connectivity index (χ2n) is 6.35. The highest BCUT2D eigenvalue weighted by Gasteiger charge is 2.11. The van der Waals surface area contributed by atoms with Gasteiger partial charge in [-0.05, 0) is 23.3 Å². The van der Waals surface area contributed by atoms with Crippen LogP contribution in [0.4, 0.5) is 0 Å². The van der Waals surface area contributed by atoms with Gasteiger partial charge in [0.15, 0.2) is 11.5 Å². The van der Waals surface area contributed by atoms with Crippen molar-refractivity contribution in [3.8, 4) is 17.6 Å². The molecule has 0 bridgehead atoms. The minimum absolute atomic E-state index is 0.483. The number of benzene rings is 2. The summed E-state index contributed by atoms with van der Waals surface area (Å²) in [7, 11) is 1.63. The van der Waals surface area contributed by atoms with E-state index in [1.807, 2.05) is 54.7 Å². The third kappa shape index (κ3) is 5.50. The third-order valence-corrected chi connectivity index (χ3v) is 4.39. The standard InChI is InChI=1S/C22H24N2O3/c1-25-22-14-19(13-20(15-23)16-24-9-11-26-12-10-24)7-8-21(22)27-17-18-5-3-2-4-6-18/h2-8,14,16H,9-13,17H2,1H3. The molecule has 0 spiro atoms. The average molecular weight is 364 g/mol. The van der Waals surface area contributed by atoms with Gasteiger partial charge in [-0.3, -0.25) is 0 Å². The van der Waals surface area contributed by atoms with E-state index in [-0.39, 0.29) is 0 Å². The van der Waals surface area contributed by atoms with E-state index in [9.17, 15) is 5.26 Å². The van der Waals surface area contributed by atoms with Crippen LogP contribution in [0.2, 0.25) is 0 Å². The highest BCUT2D eigenvalue weighted by Crippen LogP contribution is 2.29. The van der Waals surface area contributed by atoms with Gasteiger partial charge in [-0.1, -0.05) is 36.4 Å². The summed E-state index contributed by atoms with van der Waals surface area (Å²) < 4.78 is 16.7. The van der Waals surface area contributed by atoms with Gasteiger partial charge >= 0.3 is 0 Å². The second-order valence-corrected chi connectivity index (χ2v) is 6.35. The van der Waals surface area contributed by atoms with Gasteiger partial charge in [0.25, 0.3) is 0 Å². The molecule has 3 rings (SSSR count). The van der Waals surface area contributed by atoms with Crippen LogP contribution < -0.4 is 9.47 Å². The number of hydrogen-bond donors (Lipinski definition) is 0. The van der Waals surface area contributed by atoms with Gasteiger partial charge in [0, 0.05) is 31.3 Å². The van der Waals surface area contributed by atoms with E-state index < -0.39 is 0 Å². The molecule has 0 unspecified atom stereocenters. The molecule has 1 saturated heterocycles. The number of allylic oxidation sites excluding steroid dienone is 1. The van der Waals surface area contributed by atoms with Crippen molar-refractivity contribution in [2.75, 3.05) is 33.4 Å². The Balaban J connectivity index is 1.67. The first-order valence-corrected chi connectivity index (χ1v) is 9.04. The summed E-state index contributed by atoms with van der Waals surface area (Å²) >= 11 is 0.